The van der Waals surface area contributed by atoms with Crippen LogP contribution in [0, 0.1) is 0 Å². The highest BCUT2D eigenvalue weighted by molar-refractivity contribution is 7.98. The summed E-state index contributed by atoms with van der Waals surface area (Å²) in [5, 5.41) is 1.14. The fraction of sp³-hybridized carbons (Fsp3) is 0.459. The first-order valence-electron chi connectivity index (χ1n) is 16.7. The molecule has 0 aliphatic carbocycles. The van der Waals surface area contributed by atoms with Gasteiger partial charge in [-0.1, -0.05) is 62.4 Å². The van der Waals surface area contributed by atoms with Gasteiger partial charge in [-0.2, -0.15) is 0 Å². The number of hydrogen-bond donors (Lipinski definition) is 1. The minimum Gasteiger partial charge on any atom is -0.383 e. The number of morpholine rings is 1. The van der Waals surface area contributed by atoms with E-state index in [9.17, 15) is 0 Å². The Morgan fingerprint density at radius 1 is 1.00 bits per heavy atom. The van der Waals surface area contributed by atoms with Crippen LogP contribution in [0.25, 0.3) is 28.4 Å². The molecule has 0 radical (unpaired) electrons. The van der Waals surface area contributed by atoms with Gasteiger partial charge in [0.1, 0.15) is 5.82 Å². The number of ether oxygens (including phenoxy) is 2. The zero-order chi connectivity index (χ0) is 32.1. The van der Waals surface area contributed by atoms with Crippen LogP contribution in [0.4, 0.5) is 5.82 Å². The normalized spacial score (nSPS) is 16.3. The van der Waals surface area contributed by atoms with Crippen LogP contribution in [0.1, 0.15) is 37.9 Å². The Morgan fingerprint density at radius 2 is 1.78 bits per heavy atom. The van der Waals surface area contributed by atoms with Crippen molar-refractivity contribution in [2.45, 2.75) is 44.2 Å². The Hall–Kier alpha value is -3.21. The molecule has 9 heteroatoms. The predicted octanol–water partition coefficient (Wildman–Crippen LogP) is 6.84. The van der Waals surface area contributed by atoms with Gasteiger partial charge in [0.2, 0.25) is 0 Å². The number of fused-ring (bicyclic) bond motifs is 1. The van der Waals surface area contributed by atoms with Crippen molar-refractivity contribution in [3.8, 4) is 11.4 Å². The van der Waals surface area contributed by atoms with Gasteiger partial charge in [0.05, 0.1) is 30.4 Å². The lowest BCUT2D eigenvalue weighted by molar-refractivity contribution is 0.0768. The van der Waals surface area contributed by atoms with E-state index in [2.05, 4.69) is 92.7 Å². The number of likely N-dealkylation sites (tertiary alicyclic amines) is 1. The quantitative estimate of drug-likeness (QED) is 0.169. The number of nitrogens with one attached hydrogen (secondary N) is 1. The molecule has 2 fully saturated rings. The van der Waals surface area contributed by atoms with Crippen LogP contribution in [0.15, 0.2) is 71.8 Å². The summed E-state index contributed by atoms with van der Waals surface area (Å²) in [7, 11) is 1.79. The van der Waals surface area contributed by atoms with Gasteiger partial charge in [-0.3, -0.25) is 9.80 Å². The summed E-state index contributed by atoms with van der Waals surface area (Å²) in [5.74, 6) is 1.78. The van der Waals surface area contributed by atoms with Crippen molar-refractivity contribution in [1.82, 2.24) is 24.8 Å². The molecule has 0 atom stereocenters. The second-order valence-electron chi connectivity index (χ2n) is 11.5. The second kappa shape index (κ2) is 17.6. The van der Waals surface area contributed by atoms with Crippen LogP contribution in [-0.2, 0) is 16.0 Å². The molecule has 246 valence electrons. The van der Waals surface area contributed by atoms with Crippen LogP contribution < -0.4 is 4.90 Å². The minimum atomic E-state index is 0.574. The molecule has 0 bridgehead atoms. The summed E-state index contributed by atoms with van der Waals surface area (Å²) in [5.41, 5.74) is 4.50. The van der Waals surface area contributed by atoms with Crippen LogP contribution in [0.2, 0.25) is 0 Å². The maximum Gasteiger partial charge on any atom is 0.162 e. The van der Waals surface area contributed by atoms with E-state index in [1.807, 2.05) is 20.0 Å². The van der Waals surface area contributed by atoms with Crippen LogP contribution in [-0.4, -0.2) is 103 Å². The molecule has 0 amide bonds. The average Bonchev–Trinajstić information content (AvgIpc) is 3.61. The Bertz CT molecular complexity index is 1510. The summed E-state index contributed by atoms with van der Waals surface area (Å²) in [6, 6.07) is 19.8. The molecular weight excluding hydrogens is 593 g/mol. The predicted molar refractivity (Wildman–Crippen MR) is 193 cm³/mol. The van der Waals surface area contributed by atoms with Crippen LogP contribution >= 0.6 is 11.8 Å². The molecule has 2 saturated heterocycles. The van der Waals surface area contributed by atoms with E-state index in [-0.39, 0.29) is 0 Å². The fourth-order valence-corrected chi connectivity index (χ4v) is 7.03. The number of aromatic amines is 1. The zero-order valence-electron chi connectivity index (χ0n) is 28.0. The smallest absolute Gasteiger partial charge is 0.162 e. The van der Waals surface area contributed by atoms with Gasteiger partial charge >= 0.3 is 0 Å². The number of benzene rings is 2. The first-order chi connectivity index (χ1) is 22.7. The second-order valence-corrected chi connectivity index (χ2v) is 12.3. The monoisotopic (exact) mass is 642 g/mol. The standard InChI is InChI=1S/C35H44N6O2S.C2H6/c1-42-23-20-41(26-27-8-4-3-5-9-27)28-14-18-39(19-15-28)17-7-12-32-33(44-2)35(40-21-24-43-25-22-40)38-34(37-32)30-10-6-11-31-29(30)13-16-36-31;1-2/h3-13,16,28,36H,14-15,17-26H2,1-2H3;1-2H3/b12-7+;. The summed E-state index contributed by atoms with van der Waals surface area (Å²) in [6.07, 6.45) is 10.9. The third kappa shape index (κ3) is 8.57. The largest absolute Gasteiger partial charge is 0.383 e. The number of hydrogen-bond acceptors (Lipinski definition) is 8. The van der Waals surface area contributed by atoms with Crippen LogP contribution in [0.3, 0.4) is 0 Å². The Kier molecular flexibility index (Phi) is 13.1. The number of piperidine rings is 1. The molecule has 6 rings (SSSR count). The zero-order valence-corrected chi connectivity index (χ0v) is 28.8. The highest BCUT2D eigenvalue weighted by atomic mass is 32.2. The molecule has 46 heavy (non-hydrogen) atoms. The molecule has 2 aliphatic rings. The number of methoxy groups -OCH3 is 1. The van der Waals surface area contributed by atoms with Gasteiger partial charge in [0, 0.05) is 68.5 Å². The van der Waals surface area contributed by atoms with Gasteiger partial charge < -0.3 is 19.4 Å². The molecule has 4 heterocycles. The first kappa shape index (κ1) is 34.1. The van der Waals surface area contributed by atoms with Crippen molar-refractivity contribution in [1.29, 1.82) is 0 Å². The van der Waals surface area contributed by atoms with E-state index in [1.54, 1.807) is 18.9 Å². The molecule has 0 saturated carbocycles. The summed E-state index contributed by atoms with van der Waals surface area (Å²) >= 11 is 1.73. The van der Waals surface area contributed by atoms with E-state index >= 15 is 0 Å². The number of aromatic nitrogens is 3. The molecule has 8 nitrogen and oxygen atoms in total. The Labute approximate surface area is 279 Å². The fourth-order valence-electron chi connectivity index (χ4n) is 6.35. The third-order valence-electron chi connectivity index (χ3n) is 8.75. The molecule has 4 aromatic rings. The van der Waals surface area contributed by atoms with Gasteiger partial charge in [-0.05, 0) is 56.0 Å². The number of anilines is 1. The van der Waals surface area contributed by atoms with Crippen molar-refractivity contribution in [2.75, 3.05) is 77.4 Å². The molecule has 2 aromatic heterocycles. The summed E-state index contributed by atoms with van der Waals surface area (Å²) in [6.45, 7) is 12.9. The lowest BCUT2D eigenvalue weighted by atomic mass is 10.0. The Balaban J connectivity index is 0.00000204. The lowest BCUT2D eigenvalue weighted by Gasteiger charge is -2.38. The van der Waals surface area contributed by atoms with Gasteiger partial charge in [0.15, 0.2) is 5.82 Å². The van der Waals surface area contributed by atoms with E-state index in [1.165, 1.54) is 18.4 Å². The lowest BCUT2D eigenvalue weighted by Crippen LogP contribution is -2.45. The molecule has 2 aliphatic heterocycles. The van der Waals surface area contributed by atoms with Gasteiger partial charge in [-0.25, -0.2) is 9.97 Å². The first-order valence-corrected chi connectivity index (χ1v) is 18.0. The van der Waals surface area contributed by atoms with Crippen molar-refractivity contribution in [3.63, 3.8) is 0 Å². The SMILES string of the molecule is CC.COCCN(Cc1ccccc1)C1CCN(C/C=C/c2nc(-c3cccc4[nH]ccc34)nc(N3CCOCC3)c2SC)CC1. The van der Waals surface area contributed by atoms with E-state index < -0.39 is 0 Å². The average molecular weight is 643 g/mol. The van der Waals surface area contributed by atoms with Gasteiger partial charge in [-0.15, -0.1) is 11.8 Å². The summed E-state index contributed by atoms with van der Waals surface area (Å²) < 4.78 is 11.1. The Morgan fingerprint density at radius 3 is 2.52 bits per heavy atom. The minimum absolute atomic E-state index is 0.574. The van der Waals surface area contributed by atoms with E-state index in [0.29, 0.717) is 6.04 Å². The third-order valence-corrected chi connectivity index (χ3v) is 9.55. The van der Waals surface area contributed by atoms with Crippen LogP contribution in [0.5, 0.6) is 0 Å². The maximum absolute atomic E-state index is 5.67. The van der Waals surface area contributed by atoms with Crippen molar-refractivity contribution >= 4 is 34.6 Å². The van der Waals surface area contributed by atoms with E-state index in [4.69, 9.17) is 19.4 Å². The molecule has 0 unspecified atom stereocenters. The summed E-state index contributed by atoms with van der Waals surface area (Å²) in [4.78, 5) is 22.3. The number of nitrogens with zero attached hydrogens (tertiary/aromatic N) is 5. The van der Waals surface area contributed by atoms with Crippen molar-refractivity contribution in [2.24, 2.45) is 0 Å². The topological polar surface area (TPSA) is 69.8 Å². The highest BCUT2D eigenvalue weighted by Gasteiger charge is 2.25. The van der Waals surface area contributed by atoms with Gasteiger partial charge in [0.25, 0.3) is 0 Å². The van der Waals surface area contributed by atoms with Crippen molar-refractivity contribution < 1.29 is 9.47 Å². The molecule has 1 N–H and O–H groups in total. The molecule has 2 aromatic carbocycles. The molecule has 0 spiro atoms. The number of H-pyrrole nitrogens is 1. The molecular formula is C37H50N6O2S. The van der Waals surface area contributed by atoms with Crippen molar-refractivity contribution in [3.05, 3.63) is 78.1 Å². The highest BCUT2D eigenvalue weighted by Crippen LogP contribution is 2.35. The number of rotatable bonds is 12. The maximum atomic E-state index is 5.67. The van der Waals surface area contributed by atoms with E-state index in [0.717, 1.165) is 104 Å². The number of thioether (sulfide) groups is 1.